The van der Waals surface area contributed by atoms with Gasteiger partial charge in [-0.15, -0.1) is 0 Å². The molecule has 1 aliphatic rings. The molecule has 0 spiro atoms. The molecule has 0 bridgehead atoms. The third-order valence-electron chi connectivity index (χ3n) is 3.84. The highest BCUT2D eigenvalue weighted by Crippen LogP contribution is 2.34. The normalized spacial score (nSPS) is 17.4. The highest BCUT2D eigenvalue weighted by Gasteiger charge is 2.32. The zero-order valence-electron chi connectivity index (χ0n) is 11.0. The zero-order valence-corrected chi connectivity index (χ0v) is 11.0. The first kappa shape index (κ1) is 12.6. The summed E-state index contributed by atoms with van der Waals surface area (Å²) in [5, 5.41) is 0. The van der Waals surface area contributed by atoms with Gasteiger partial charge in [0, 0.05) is 19.1 Å². The van der Waals surface area contributed by atoms with Crippen molar-refractivity contribution in [1.82, 2.24) is 4.90 Å². The summed E-state index contributed by atoms with van der Waals surface area (Å²) >= 11 is 0. The van der Waals surface area contributed by atoms with Crippen LogP contribution in [0.2, 0.25) is 0 Å². The van der Waals surface area contributed by atoms with E-state index >= 15 is 0 Å². The van der Waals surface area contributed by atoms with E-state index in [1.807, 2.05) is 0 Å². The number of rotatable bonds is 6. The van der Waals surface area contributed by atoms with Crippen LogP contribution in [-0.2, 0) is 13.0 Å². The van der Waals surface area contributed by atoms with E-state index in [4.69, 9.17) is 5.73 Å². The minimum Gasteiger partial charge on any atom is -0.329 e. The molecule has 1 saturated carbocycles. The Labute approximate surface area is 105 Å². The monoisotopic (exact) mass is 232 g/mol. The second kappa shape index (κ2) is 5.65. The molecule has 94 valence electrons. The van der Waals surface area contributed by atoms with Crippen molar-refractivity contribution in [2.75, 3.05) is 13.6 Å². The topological polar surface area (TPSA) is 29.3 Å². The molecule has 0 aromatic heterocycles. The van der Waals surface area contributed by atoms with Gasteiger partial charge in [0.25, 0.3) is 0 Å². The van der Waals surface area contributed by atoms with E-state index < -0.39 is 0 Å². The van der Waals surface area contributed by atoms with Crippen molar-refractivity contribution in [2.45, 2.75) is 38.8 Å². The maximum atomic E-state index is 5.87. The van der Waals surface area contributed by atoms with Crippen LogP contribution >= 0.6 is 0 Å². The predicted octanol–water partition coefficient (Wildman–Crippen LogP) is 2.42. The lowest BCUT2D eigenvalue weighted by Crippen LogP contribution is -2.39. The number of hydrogen-bond acceptors (Lipinski definition) is 2. The second-order valence-corrected chi connectivity index (χ2v) is 5.23. The summed E-state index contributed by atoms with van der Waals surface area (Å²) in [6.45, 7) is 4.00. The molecule has 1 atom stereocenters. The lowest BCUT2D eigenvalue weighted by Gasteiger charge is -2.27. The summed E-state index contributed by atoms with van der Waals surface area (Å²) < 4.78 is 0. The predicted molar refractivity (Wildman–Crippen MR) is 72.9 cm³/mol. The van der Waals surface area contributed by atoms with E-state index in [9.17, 15) is 0 Å². The fourth-order valence-corrected chi connectivity index (χ4v) is 2.50. The van der Waals surface area contributed by atoms with Gasteiger partial charge in [0.15, 0.2) is 0 Å². The van der Waals surface area contributed by atoms with E-state index in [0.29, 0.717) is 6.04 Å². The molecule has 0 radical (unpaired) electrons. The standard InChI is InChI=1S/C15H24N2/c1-3-12-4-6-13(7-5-12)11-17(2)15(10-16)14-8-9-14/h4-7,14-15H,3,8-11,16H2,1-2H3. The Balaban J connectivity index is 1.93. The average Bonchev–Trinajstić information content (AvgIpc) is 3.15. The lowest BCUT2D eigenvalue weighted by atomic mass is 10.1. The number of likely N-dealkylation sites (N-methyl/N-ethyl adjacent to an activating group) is 1. The highest BCUT2D eigenvalue weighted by molar-refractivity contribution is 5.22. The van der Waals surface area contributed by atoms with Gasteiger partial charge in [0.1, 0.15) is 0 Å². The van der Waals surface area contributed by atoms with Crippen LogP contribution in [0.5, 0.6) is 0 Å². The summed E-state index contributed by atoms with van der Waals surface area (Å²) in [6, 6.07) is 9.53. The molecule has 17 heavy (non-hydrogen) atoms. The quantitative estimate of drug-likeness (QED) is 0.816. The van der Waals surface area contributed by atoms with E-state index in [2.05, 4.69) is 43.1 Å². The van der Waals surface area contributed by atoms with Crippen LogP contribution in [0.1, 0.15) is 30.9 Å². The van der Waals surface area contributed by atoms with Gasteiger partial charge in [-0.2, -0.15) is 0 Å². The average molecular weight is 232 g/mol. The van der Waals surface area contributed by atoms with Crippen molar-refractivity contribution in [1.29, 1.82) is 0 Å². The number of nitrogens with zero attached hydrogens (tertiary/aromatic N) is 1. The molecule has 1 aliphatic carbocycles. The Morgan fingerprint density at radius 1 is 1.24 bits per heavy atom. The van der Waals surface area contributed by atoms with Gasteiger partial charge in [-0.3, -0.25) is 4.90 Å². The molecular formula is C15H24N2. The first-order chi connectivity index (χ1) is 8.24. The molecule has 2 heteroatoms. The smallest absolute Gasteiger partial charge is 0.0247 e. The van der Waals surface area contributed by atoms with E-state index in [-0.39, 0.29) is 0 Å². The maximum Gasteiger partial charge on any atom is 0.0247 e. The lowest BCUT2D eigenvalue weighted by molar-refractivity contribution is 0.215. The van der Waals surface area contributed by atoms with Crippen molar-refractivity contribution in [3.8, 4) is 0 Å². The molecule has 0 amide bonds. The van der Waals surface area contributed by atoms with E-state index in [0.717, 1.165) is 25.4 Å². The van der Waals surface area contributed by atoms with Gasteiger partial charge in [-0.05, 0) is 43.4 Å². The molecular weight excluding hydrogens is 208 g/mol. The molecule has 1 unspecified atom stereocenters. The van der Waals surface area contributed by atoms with Crippen molar-refractivity contribution in [3.63, 3.8) is 0 Å². The van der Waals surface area contributed by atoms with Crippen LogP contribution < -0.4 is 5.73 Å². The van der Waals surface area contributed by atoms with Crippen molar-refractivity contribution in [2.24, 2.45) is 11.7 Å². The number of hydrogen-bond donors (Lipinski definition) is 1. The Bertz CT molecular complexity index is 340. The summed E-state index contributed by atoms with van der Waals surface area (Å²) in [4.78, 5) is 2.42. The third kappa shape index (κ3) is 3.30. The van der Waals surface area contributed by atoms with Crippen molar-refractivity contribution in [3.05, 3.63) is 35.4 Å². The fraction of sp³-hybridized carbons (Fsp3) is 0.600. The van der Waals surface area contributed by atoms with Crippen molar-refractivity contribution >= 4 is 0 Å². The molecule has 0 heterocycles. The number of benzene rings is 1. The summed E-state index contributed by atoms with van der Waals surface area (Å²) in [5.41, 5.74) is 8.68. The zero-order chi connectivity index (χ0) is 12.3. The third-order valence-corrected chi connectivity index (χ3v) is 3.84. The molecule has 1 aromatic carbocycles. The Morgan fingerprint density at radius 3 is 2.29 bits per heavy atom. The Hall–Kier alpha value is -0.860. The van der Waals surface area contributed by atoms with Crippen LogP contribution in [0.25, 0.3) is 0 Å². The van der Waals surface area contributed by atoms with E-state index in [1.54, 1.807) is 0 Å². The molecule has 0 saturated heterocycles. The number of nitrogens with two attached hydrogens (primary N) is 1. The molecule has 2 N–H and O–H groups in total. The first-order valence-corrected chi connectivity index (χ1v) is 6.72. The van der Waals surface area contributed by atoms with Gasteiger partial charge >= 0.3 is 0 Å². The van der Waals surface area contributed by atoms with Gasteiger partial charge < -0.3 is 5.73 Å². The number of aryl methyl sites for hydroxylation is 1. The Kier molecular flexibility index (Phi) is 4.19. The second-order valence-electron chi connectivity index (χ2n) is 5.23. The van der Waals surface area contributed by atoms with Crippen LogP contribution in [0.3, 0.4) is 0 Å². The van der Waals surface area contributed by atoms with Gasteiger partial charge in [-0.1, -0.05) is 31.2 Å². The highest BCUT2D eigenvalue weighted by atomic mass is 15.1. The van der Waals surface area contributed by atoms with Crippen LogP contribution in [-0.4, -0.2) is 24.5 Å². The molecule has 2 rings (SSSR count). The SMILES string of the molecule is CCc1ccc(CN(C)C(CN)C2CC2)cc1. The molecule has 0 aliphatic heterocycles. The minimum atomic E-state index is 0.570. The van der Waals surface area contributed by atoms with Crippen LogP contribution in [0.15, 0.2) is 24.3 Å². The minimum absolute atomic E-state index is 0.570. The van der Waals surface area contributed by atoms with E-state index in [1.165, 1.54) is 24.0 Å². The molecule has 1 fully saturated rings. The maximum absolute atomic E-state index is 5.87. The first-order valence-electron chi connectivity index (χ1n) is 6.72. The molecule has 1 aromatic rings. The Morgan fingerprint density at radius 2 is 1.82 bits per heavy atom. The van der Waals surface area contributed by atoms with Crippen LogP contribution in [0, 0.1) is 5.92 Å². The fourth-order valence-electron chi connectivity index (χ4n) is 2.50. The van der Waals surface area contributed by atoms with Crippen LogP contribution in [0.4, 0.5) is 0 Å². The summed E-state index contributed by atoms with van der Waals surface area (Å²) in [5.74, 6) is 0.847. The summed E-state index contributed by atoms with van der Waals surface area (Å²) in [6.07, 6.45) is 3.84. The summed E-state index contributed by atoms with van der Waals surface area (Å²) in [7, 11) is 2.20. The van der Waals surface area contributed by atoms with Gasteiger partial charge in [-0.25, -0.2) is 0 Å². The van der Waals surface area contributed by atoms with Gasteiger partial charge in [0.2, 0.25) is 0 Å². The van der Waals surface area contributed by atoms with Crippen molar-refractivity contribution < 1.29 is 0 Å². The largest absolute Gasteiger partial charge is 0.329 e. The molecule has 2 nitrogen and oxygen atoms in total. The van der Waals surface area contributed by atoms with Gasteiger partial charge in [0.05, 0.1) is 0 Å².